The van der Waals surface area contributed by atoms with Gasteiger partial charge in [-0.15, -0.1) is 11.3 Å². The van der Waals surface area contributed by atoms with Crippen LogP contribution in [0.15, 0.2) is 78.2 Å². The van der Waals surface area contributed by atoms with E-state index < -0.39 is 4.92 Å². The molecule has 4 aromatic rings. The van der Waals surface area contributed by atoms with E-state index in [1.165, 1.54) is 24.3 Å². The topological polar surface area (TPSA) is 94.4 Å². The van der Waals surface area contributed by atoms with E-state index in [9.17, 15) is 14.9 Å². The fraction of sp³-hybridized carbons (Fsp3) is 0.0435. The quantitative estimate of drug-likeness (QED) is 0.264. The molecular weight excluding hydrogens is 450 g/mol. The lowest BCUT2D eigenvalue weighted by molar-refractivity contribution is -0.384. The van der Waals surface area contributed by atoms with E-state index in [1.54, 1.807) is 23.5 Å². The van der Waals surface area contributed by atoms with Gasteiger partial charge in [0.25, 0.3) is 11.6 Å². The highest BCUT2D eigenvalue weighted by Crippen LogP contribution is 2.30. The van der Waals surface area contributed by atoms with Gasteiger partial charge in [0.05, 0.1) is 10.6 Å². The minimum absolute atomic E-state index is 0.0395. The number of hydrogen-bond acceptors (Lipinski definition) is 6. The molecule has 0 radical (unpaired) electrons. The molecule has 0 bridgehead atoms. The fourth-order valence-corrected chi connectivity index (χ4v) is 3.83. The maximum Gasteiger partial charge on any atom is 0.269 e. The van der Waals surface area contributed by atoms with Crippen molar-refractivity contribution in [3.8, 4) is 27.6 Å². The first kappa shape index (κ1) is 21.5. The summed E-state index contributed by atoms with van der Waals surface area (Å²) >= 11 is 7.49. The van der Waals surface area contributed by atoms with E-state index >= 15 is 0 Å². The van der Waals surface area contributed by atoms with Gasteiger partial charge in [0.15, 0.2) is 6.61 Å². The molecule has 9 heteroatoms. The molecular formula is C23H16ClN3O4S. The van der Waals surface area contributed by atoms with Gasteiger partial charge < -0.3 is 10.1 Å². The van der Waals surface area contributed by atoms with E-state index in [-0.39, 0.29) is 18.2 Å². The Hall–Kier alpha value is -3.75. The van der Waals surface area contributed by atoms with Gasteiger partial charge in [0, 0.05) is 39.3 Å². The average Bonchev–Trinajstić information content (AvgIpc) is 3.29. The van der Waals surface area contributed by atoms with Crippen molar-refractivity contribution in [3.63, 3.8) is 0 Å². The molecule has 1 N–H and O–H groups in total. The number of aromatic nitrogens is 1. The first-order chi connectivity index (χ1) is 15.5. The van der Waals surface area contributed by atoms with Crippen LogP contribution in [0.4, 0.5) is 11.4 Å². The Balaban J connectivity index is 1.34. The molecule has 0 aliphatic rings. The highest BCUT2D eigenvalue weighted by molar-refractivity contribution is 7.13. The summed E-state index contributed by atoms with van der Waals surface area (Å²) in [6.45, 7) is -0.212. The molecule has 7 nitrogen and oxygen atoms in total. The van der Waals surface area contributed by atoms with Gasteiger partial charge in [0.1, 0.15) is 10.8 Å². The summed E-state index contributed by atoms with van der Waals surface area (Å²) in [4.78, 5) is 27.0. The number of halogens is 1. The maximum absolute atomic E-state index is 12.1. The molecule has 0 aliphatic carbocycles. The predicted molar refractivity (Wildman–Crippen MR) is 125 cm³/mol. The second-order valence-corrected chi connectivity index (χ2v) is 8.00. The summed E-state index contributed by atoms with van der Waals surface area (Å²) in [5.74, 6) is 0.0379. The Morgan fingerprint density at radius 2 is 1.66 bits per heavy atom. The van der Waals surface area contributed by atoms with Gasteiger partial charge >= 0.3 is 0 Å². The third kappa shape index (κ3) is 5.29. The number of rotatable bonds is 7. The number of ether oxygens (including phenoxy) is 1. The summed E-state index contributed by atoms with van der Waals surface area (Å²) in [6, 6.07) is 20.4. The molecule has 1 amide bonds. The molecule has 0 unspecified atom stereocenters. The zero-order chi connectivity index (χ0) is 22.5. The second kappa shape index (κ2) is 9.59. The normalized spacial score (nSPS) is 10.5. The zero-order valence-electron chi connectivity index (χ0n) is 16.5. The van der Waals surface area contributed by atoms with Crippen molar-refractivity contribution in [2.45, 2.75) is 0 Å². The molecule has 1 aromatic heterocycles. The van der Waals surface area contributed by atoms with Crippen LogP contribution < -0.4 is 10.1 Å². The van der Waals surface area contributed by atoms with Crippen molar-refractivity contribution < 1.29 is 14.5 Å². The van der Waals surface area contributed by atoms with E-state index in [1.807, 2.05) is 41.8 Å². The molecule has 0 fully saturated rings. The number of benzene rings is 3. The molecule has 3 aromatic carbocycles. The molecule has 0 atom stereocenters. The molecule has 0 saturated carbocycles. The van der Waals surface area contributed by atoms with Crippen molar-refractivity contribution in [3.05, 3.63) is 93.3 Å². The Bertz CT molecular complexity index is 1240. The number of nitro benzene ring substituents is 1. The number of nitrogens with one attached hydrogen (secondary N) is 1. The van der Waals surface area contributed by atoms with Crippen molar-refractivity contribution >= 4 is 40.2 Å². The second-order valence-electron chi connectivity index (χ2n) is 6.71. The van der Waals surface area contributed by atoms with E-state index in [4.69, 9.17) is 16.3 Å². The van der Waals surface area contributed by atoms with Crippen molar-refractivity contribution in [1.29, 1.82) is 0 Å². The molecule has 0 saturated heterocycles. The number of thiazole rings is 1. The lowest BCUT2D eigenvalue weighted by Gasteiger charge is -2.08. The molecule has 0 aliphatic heterocycles. The van der Waals surface area contributed by atoms with E-state index in [0.29, 0.717) is 16.5 Å². The highest BCUT2D eigenvalue weighted by atomic mass is 35.5. The number of non-ortho nitro benzene ring substituents is 1. The zero-order valence-corrected chi connectivity index (χ0v) is 18.1. The first-order valence-electron chi connectivity index (χ1n) is 9.47. The van der Waals surface area contributed by atoms with Crippen LogP contribution in [0.2, 0.25) is 5.02 Å². The smallest absolute Gasteiger partial charge is 0.269 e. The molecule has 0 spiro atoms. The van der Waals surface area contributed by atoms with E-state index in [2.05, 4.69) is 10.3 Å². The number of hydrogen-bond donors (Lipinski definition) is 1. The largest absolute Gasteiger partial charge is 0.484 e. The SMILES string of the molecule is O=C(COc1ccc([N+](=O)[O-])cc1)Nc1ccc(-c2csc(-c3ccc(Cl)cc3)n2)cc1. The maximum atomic E-state index is 12.1. The van der Waals surface area contributed by atoms with Crippen LogP contribution in [0.5, 0.6) is 5.75 Å². The Morgan fingerprint density at radius 3 is 2.31 bits per heavy atom. The summed E-state index contributed by atoms with van der Waals surface area (Å²) < 4.78 is 5.37. The Kier molecular flexibility index (Phi) is 6.44. The number of carbonyl (C=O) groups is 1. The monoisotopic (exact) mass is 465 g/mol. The standard InChI is InChI=1S/C23H16ClN3O4S/c24-17-5-1-16(2-6-17)23-26-21(14-32-23)15-3-7-18(8-4-15)25-22(28)13-31-20-11-9-19(10-12-20)27(29)30/h1-12,14H,13H2,(H,25,28). The molecule has 32 heavy (non-hydrogen) atoms. The Morgan fingerprint density at radius 1 is 1.00 bits per heavy atom. The highest BCUT2D eigenvalue weighted by Gasteiger charge is 2.09. The molecule has 4 rings (SSSR count). The minimum Gasteiger partial charge on any atom is -0.484 e. The van der Waals surface area contributed by atoms with Gasteiger partial charge in [0.2, 0.25) is 0 Å². The van der Waals surface area contributed by atoms with Gasteiger partial charge in [-0.25, -0.2) is 4.98 Å². The minimum atomic E-state index is -0.496. The molecule has 160 valence electrons. The lowest BCUT2D eigenvalue weighted by atomic mass is 10.1. The average molecular weight is 466 g/mol. The van der Waals surface area contributed by atoms with Crippen LogP contribution >= 0.6 is 22.9 Å². The number of nitrogens with zero attached hydrogens (tertiary/aromatic N) is 2. The van der Waals surface area contributed by atoms with Crippen LogP contribution in [0, 0.1) is 10.1 Å². The number of amides is 1. The third-order valence-electron chi connectivity index (χ3n) is 4.48. The lowest BCUT2D eigenvalue weighted by Crippen LogP contribution is -2.20. The van der Waals surface area contributed by atoms with Gasteiger partial charge in [-0.3, -0.25) is 14.9 Å². The number of anilines is 1. The summed E-state index contributed by atoms with van der Waals surface area (Å²) in [6.07, 6.45) is 0. The van der Waals surface area contributed by atoms with Gasteiger partial charge in [-0.05, 0) is 36.4 Å². The number of carbonyl (C=O) groups excluding carboxylic acids is 1. The van der Waals surface area contributed by atoms with Crippen molar-refractivity contribution in [2.75, 3.05) is 11.9 Å². The van der Waals surface area contributed by atoms with Gasteiger partial charge in [-0.2, -0.15) is 0 Å². The summed E-state index contributed by atoms with van der Waals surface area (Å²) in [7, 11) is 0. The van der Waals surface area contributed by atoms with Gasteiger partial charge in [-0.1, -0.05) is 35.9 Å². The van der Waals surface area contributed by atoms with Crippen LogP contribution in [0.3, 0.4) is 0 Å². The fourth-order valence-electron chi connectivity index (χ4n) is 2.87. The summed E-state index contributed by atoms with van der Waals surface area (Å²) in [5, 5.41) is 17.0. The molecule has 1 heterocycles. The van der Waals surface area contributed by atoms with Crippen molar-refractivity contribution in [2.24, 2.45) is 0 Å². The third-order valence-corrected chi connectivity index (χ3v) is 5.62. The van der Waals surface area contributed by atoms with Crippen LogP contribution in [-0.4, -0.2) is 22.4 Å². The van der Waals surface area contributed by atoms with E-state index in [0.717, 1.165) is 21.8 Å². The predicted octanol–water partition coefficient (Wildman–Crippen LogP) is 6.06. The summed E-state index contributed by atoms with van der Waals surface area (Å²) in [5.41, 5.74) is 3.37. The van der Waals surface area contributed by atoms with Crippen LogP contribution in [-0.2, 0) is 4.79 Å². The Labute approximate surface area is 192 Å². The van der Waals surface area contributed by atoms with Crippen LogP contribution in [0.1, 0.15) is 0 Å². The number of nitro groups is 1. The van der Waals surface area contributed by atoms with Crippen LogP contribution in [0.25, 0.3) is 21.8 Å². The van der Waals surface area contributed by atoms with Crippen molar-refractivity contribution in [1.82, 2.24) is 4.98 Å². The first-order valence-corrected chi connectivity index (χ1v) is 10.7.